The smallest absolute Gasteiger partial charge is 0.342 e. The number of carbonyl (C=O) groups is 2. The number of nitrogens with zero attached hydrogens (tertiary/aromatic N) is 1. The number of aryl methyl sites for hydroxylation is 1. The second-order valence-electron chi connectivity index (χ2n) is 7.18. The molecule has 0 fully saturated rings. The Labute approximate surface area is 158 Å². The van der Waals surface area contributed by atoms with Crippen LogP contribution in [0, 0.1) is 6.92 Å². The van der Waals surface area contributed by atoms with Gasteiger partial charge < -0.3 is 19.7 Å². The highest BCUT2D eigenvalue weighted by Gasteiger charge is 2.24. The number of aromatic hydroxyl groups is 1. The summed E-state index contributed by atoms with van der Waals surface area (Å²) in [7, 11) is 0. The molecule has 0 aliphatic rings. The molecule has 1 unspecified atom stereocenters. The Hall–Kier alpha value is -2.83. The molecule has 1 aromatic carbocycles. The van der Waals surface area contributed by atoms with Gasteiger partial charge in [-0.15, -0.1) is 0 Å². The van der Waals surface area contributed by atoms with E-state index in [0.717, 1.165) is 5.56 Å². The van der Waals surface area contributed by atoms with Crippen LogP contribution in [0.4, 0.5) is 5.82 Å². The van der Waals surface area contributed by atoms with Gasteiger partial charge in [-0.25, -0.2) is 4.79 Å². The Morgan fingerprint density at radius 2 is 1.78 bits per heavy atom. The molecule has 0 aliphatic heterocycles. The van der Waals surface area contributed by atoms with Gasteiger partial charge in [-0.2, -0.15) is 0 Å². The Morgan fingerprint density at radius 3 is 2.30 bits per heavy atom. The number of aromatic nitrogens is 1. The number of amides is 1. The normalized spacial score (nSPS) is 12.3. The molecule has 0 radical (unpaired) electrons. The second-order valence-corrected chi connectivity index (χ2v) is 7.18. The number of nitrogens with one attached hydrogen (secondary N) is 1. The molecule has 2 aromatic rings. The van der Waals surface area contributed by atoms with E-state index < -0.39 is 18.0 Å². The van der Waals surface area contributed by atoms with Crippen molar-refractivity contribution >= 4 is 17.7 Å². The third-order valence-electron chi connectivity index (χ3n) is 4.20. The maximum atomic E-state index is 12.6. The van der Waals surface area contributed by atoms with E-state index in [4.69, 9.17) is 9.26 Å². The van der Waals surface area contributed by atoms with Crippen molar-refractivity contribution in [2.45, 2.75) is 59.5 Å². The lowest BCUT2D eigenvalue weighted by atomic mass is 9.92. The van der Waals surface area contributed by atoms with Crippen molar-refractivity contribution in [2.75, 3.05) is 5.32 Å². The molecular weight excluding hydrogens is 348 g/mol. The van der Waals surface area contributed by atoms with Crippen molar-refractivity contribution in [1.82, 2.24) is 5.16 Å². The fourth-order valence-electron chi connectivity index (χ4n) is 2.54. The van der Waals surface area contributed by atoms with Gasteiger partial charge in [-0.1, -0.05) is 38.9 Å². The van der Waals surface area contributed by atoms with Crippen molar-refractivity contribution < 1.29 is 24.0 Å². The number of benzene rings is 1. The number of hydrogen-bond acceptors (Lipinski definition) is 6. The molecule has 7 nitrogen and oxygen atoms in total. The zero-order chi connectivity index (χ0) is 20.3. The summed E-state index contributed by atoms with van der Waals surface area (Å²) in [5, 5.41) is 16.7. The molecule has 146 valence electrons. The summed E-state index contributed by atoms with van der Waals surface area (Å²) in [6.07, 6.45) is -1.07. The fourth-order valence-corrected chi connectivity index (χ4v) is 2.54. The minimum Gasteiger partial charge on any atom is -0.507 e. The van der Waals surface area contributed by atoms with Crippen LogP contribution in [0.5, 0.6) is 5.75 Å². The van der Waals surface area contributed by atoms with Crippen LogP contribution >= 0.6 is 0 Å². The number of ether oxygens (including phenoxy) is 1. The molecule has 0 saturated carbocycles. The highest BCUT2D eigenvalue weighted by Crippen LogP contribution is 2.33. The van der Waals surface area contributed by atoms with Crippen molar-refractivity contribution in [2.24, 2.45) is 0 Å². The van der Waals surface area contributed by atoms with Crippen LogP contribution in [0.3, 0.4) is 0 Å². The average Bonchev–Trinajstić information content (AvgIpc) is 2.99. The minimum absolute atomic E-state index is 0.0337. The molecule has 1 amide bonds. The first kappa shape index (κ1) is 20.5. The molecule has 1 atom stereocenters. The van der Waals surface area contributed by atoms with Crippen LogP contribution in [0.25, 0.3) is 0 Å². The standard InChI is InChI=1S/C20H26N2O5/c1-10(2)14-8-15(11(3)4)18(23)16(9-14)20(25)26-13(6)19(24)21-17-7-12(5)27-22-17/h7-11,13,23H,1-6H3,(H,21,22,24). The van der Waals surface area contributed by atoms with Gasteiger partial charge in [0, 0.05) is 6.07 Å². The molecule has 7 heteroatoms. The van der Waals surface area contributed by atoms with Gasteiger partial charge in [-0.3, -0.25) is 4.79 Å². The van der Waals surface area contributed by atoms with Crippen LogP contribution in [0.1, 0.15) is 73.7 Å². The molecule has 0 aliphatic carbocycles. The highest BCUT2D eigenvalue weighted by atomic mass is 16.5. The summed E-state index contributed by atoms with van der Waals surface area (Å²) in [4.78, 5) is 24.8. The predicted molar refractivity (Wildman–Crippen MR) is 101 cm³/mol. The number of esters is 1. The van der Waals surface area contributed by atoms with E-state index in [2.05, 4.69) is 10.5 Å². The summed E-state index contributed by atoms with van der Waals surface area (Å²) in [5.74, 6) is -0.411. The lowest BCUT2D eigenvalue weighted by molar-refractivity contribution is -0.123. The van der Waals surface area contributed by atoms with Crippen LogP contribution in [-0.4, -0.2) is 28.2 Å². The van der Waals surface area contributed by atoms with Gasteiger partial charge in [0.05, 0.1) is 0 Å². The second kappa shape index (κ2) is 8.24. The summed E-state index contributed by atoms with van der Waals surface area (Å²) in [6, 6.07) is 5.06. The summed E-state index contributed by atoms with van der Waals surface area (Å²) in [6.45, 7) is 11.0. The van der Waals surface area contributed by atoms with Crippen molar-refractivity contribution in [1.29, 1.82) is 0 Å². The van der Waals surface area contributed by atoms with Crippen molar-refractivity contribution in [3.8, 4) is 5.75 Å². The van der Waals surface area contributed by atoms with Crippen LogP contribution in [0.15, 0.2) is 22.7 Å². The third kappa shape index (κ3) is 4.87. The molecular formula is C20H26N2O5. The summed E-state index contributed by atoms with van der Waals surface area (Å²) in [5.41, 5.74) is 1.64. The summed E-state index contributed by atoms with van der Waals surface area (Å²) < 4.78 is 10.1. The largest absolute Gasteiger partial charge is 0.507 e. The maximum absolute atomic E-state index is 12.6. The van der Waals surface area contributed by atoms with Crippen LogP contribution < -0.4 is 5.32 Å². The number of phenols is 1. The zero-order valence-corrected chi connectivity index (χ0v) is 16.5. The number of phenolic OH excluding ortho intramolecular Hbond substituents is 1. The SMILES string of the molecule is Cc1cc(NC(=O)C(C)OC(=O)c2cc(C(C)C)cc(C(C)C)c2O)no1. The number of hydrogen-bond donors (Lipinski definition) is 2. The first-order valence-electron chi connectivity index (χ1n) is 8.92. The quantitative estimate of drug-likeness (QED) is 0.738. The minimum atomic E-state index is -1.07. The van der Waals surface area contributed by atoms with E-state index in [1.54, 1.807) is 19.1 Å². The topological polar surface area (TPSA) is 102 Å². The van der Waals surface area contributed by atoms with Gasteiger partial charge in [0.25, 0.3) is 5.91 Å². The van der Waals surface area contributed by atoms with E-state index in [1.165, 1.54) is 6.92 Å². The molecule has 1 heterocycles. The molecule has 2 rings (SSSR count). The zero-order valence-electron chi connectivity index (χ0n) is 16.5. The van der Waals surface area contributed by atoms with E-state index >= 15 is 0 Å². The Morgan fingerprint density at radius 1 is 1.11 bits per heavy atom. The highest BCUT2D eigenvalue weighted by molar-refractivity contribution is 5.98. The Bertz CT molecular complexity index is 839. The molecule has 2 N–H and O–H groups in total. The Kier molecular flexibility index (Phi) is 6.25. The van der Waals surface area contributed by atoms with Crippen LogP contribution in [-0.2, 0) is 9.53 Å². The van der Waals surface area contributed by atoms with Gasteiger partial charge in [0.1, 0.15) is 17.1 Å². The first-order valence-corrected chi connectivity index (χ1v) is 8.92. The fraction of sp³-hybridized carbons (Fsp3) is 0.450. The average molecular weight is 374 g/mol. The maximum Gasteiger partial charge on any atom is 0.342 e. The van der Waals surface area contributed by atoms with Gasteiger partial charge in [0.15, 0.2) is 11.9 Å². The molecule has 0 bridgehead atoms. The van der Waals surface area contributed by atoms with E-state index in [0.29, 0.717) is 11.3 Å². The molecule has 27 heavy (non-hydrogen) atoms. The van der Waals surface area contributed by atoms with Crippen molar-refractivity contribution in [3.05, 3.63) is 40.6 Å². The molecule has 0 saturated heterocycles. The van der Waals surface area contributed by atoms with E-state index in [9.17, 15) is 14.7 Å². The lowest BCUT2D eigenvalue weighted by Crippen LogP contribution is -2.30. The van der Waals surface area contributed by atoms with Gasteiger partial charge in [0.2, 0.25) is 0 Å². The van der Waals surface area contributed by atoms with Gasteiger partial charge in [-0.05, 0) is 42.9 Å². The number of rotatable bonds is 6. The van der Waals surface area contributed by atoms with Crippen LogP contribution in [0.2, 0.25) is 0 Å². The third-order valence-corrected chi connectivity index (χ3v) is 4.20. The first-order chi connectivity index (χ1) is 12.6. The monoisotopic (exact) mass is 374 g/mol. The Balaban J connectivity index is 2.20. The number of carbonyl (C=O) groups excluding carboxylic acids is 2. The van der Waals surface area contributed by atoms with Crippen molar-refractivity contribution in [3.63, 3.8) is 0 Å². The molecule has 1 aromatic heterocycles. The summed E-state index contributed by atoms with van der Waals surface area (Å²) >= 11 is 0. The molecule has 0 spiro atoms. The van der Waals surface area contributed by atoms with E-state index in [-0.39, 0.29) is 29.0 Å². The van der Waals surface area contributed by atoms with E-state index in [1.807, 2.05) is 33.8 Å². The van der Waals surface area contributed by atoms with Gasteiger partial charge >= 0.3 is 5.97 Å². The predicted octanol–water partition coefficient (Wildman–Crippen LogP) is 4.12. The lowest BCUT2D eigenvalue weighted by Gasteiger charge is -2.18. The number of anilines is 1.